The zero-order valence-corrected chi connectivity index (χ0v) is 10.9. The second kappa shape index (κ2) is 4.42. The summed E-state index contributed by atoms with van der Waals surface area (Å²) < 4.78 is 1.91. The SMILES string of the molecule is Cc1cc(S)c(C)n1-c1ccc(C(=O)O)c(O)c1. The van der Waals surface area contributed by atoms with Gasteiger partial charge in [-0.15, -0.1) is 12.6 Å². The van der Waals surface area contributed by atoms with Crippen molar-refractivity contribution in [2.45, 2.75) is 18.7 Å². The van der Waals surface area contributed by atoms with Crippen molar-refractivity contribution in [3.05, 3.63) is 41.2 Å². The van der Waals surface area contributed by atoms with Gasteiger partial charge in [0.1, 0.15) is 11.3 Å². The van der Waals surface area contributed by atoms with Crippen LogP contribution >= 0.6 is 12.6 Å². The van der Waals surface area contributed by atoms with Crippen LogP contribution in [0, 0.1) is 13.8 Å². The Morgan fingerprint density at radius 2 is 1.94 bits per heavy atom. The van der Waals surface area contributed by atoms with Crippen LogP contribution in [0.1, 0.15) is 21.7 Å². The van der Waals surface area contributed by atoms with Crippen LogP contribution in [0.15, 0.2) is 29.2 Å². The Labute approximate surface area is 110 Å². The van der Waals surface area contributed by atoms with Gasteiger partial charge in [-0.3, -0.25) is 0 Å². The van der Waals surface area contributed by atoms with E-state index in [2.05, 4.69) is 12.6 Å². The molecule has 0 radical (unpaired) electrons. The molecule has 0 aliphatic carbocycles. The van der Waals surface area contributed by atoms with Crippen molar-refractivity contribution < 1.29 is 15.0 Å². The van der Waals surface area contributed by atoms with Crippen molar-refractivity contribution in [1.82, 2.24) is 4.57 Å². The van der Waals surface area contributed by atoms with E-state index in [1.807, 2.05) is 24.5 Å². The number of phenols is 1. The van der Waals surface area contributed by atoms with Gasteiger partial charge in [0.25, 0.3) is 0 Å². The molecule has 0 saturated heterocycles. The second-order valence-electron chi connectivity index (χ2n) is 4.10. The van der Waals surface area contributed by atoms with E-state index in [1.165, 1.54) is 12.1 Å². The fourth-order valence-corrected chi connectivity index (χ4v) is 2.27. The number of carboxylic acid groups (broad SMARTS) is 1. The smallest absolute Gasteiger partial charge is 0.339 e. The van der Waals surface area contributed by atoms with Gasteiger partial charge < -0.3 is 14.8 Å². The average Bonchev–Trinajstić information content (AvgIpc) is 2.52. The predicted molar refractivity (Wildman–Crippen MR) is 71.1 cm³/mol. The summed E-state index contributed by atoms with van der Waals surface area (Å²) in [4.78, 5) is 11.7. The van der Waals surface area contributed by atoms with Gasteiger partial charge >= 0.3 is 5.97 Å². The van der Waals surface area contributed by atoms with E-state index < -0.39 is 5.97 Å². The van der Waals surface area contributed by atoms with E-state index in [-0.39, 0.29) is 11.3 Å². The van der Waals surface area contributed by atoms with Crippen molar-refractivity contribution >= 4 is 18.6 Å². The van der Waals surface area contributed by atoms with Gasteiger partial charge in [-0.25, -0.2) is 4.79 Å². The molecule has 4 nitrogen and oxygen atoms in total. The minimum atomic E-state index is -1.14. The molecule has 1 aromatic carbocycles. The Bertz CT molecular complexity index is 631. The summed E-state index contributed by atoms with van der Waals surface area (Å²) in [5, 5.41) is 18.6. The summed E-state index contributed by atoms with van der Waals surface area (Å²) in [6, 6.07) is 6.41. The molecular weight excluding hydrogens is 250 g/mol. The van der Waals surface area contributed by atoms with E-state index in [1.54, 1.807) is 6.07 Å². The maximum Gasteiger partial charge on any atom is 0.339 e. The average molecular weight is 263 g/mol. The molecule has 2 N–H and O–H groups in total. The third-order valence-corrected chi connectivity index (χ3v) is 3.33. The maximum atomic E-state index is 10.8. The molecule has 1 aromatic heterocycles. The van der Waals surface area contributed by atoms with E-state index >= 15 is 0 Å². The molecule has 0 unspecified atom stereocenters. The Hall–Kier alpha value is -1.88. The van der Waals surface area contributed by atoms with Gasteiger partial charge in [0.15, 0.2) is 0 Å². The zero-order chi connectivity index (χ0) is 13.4. The largest absolute Gasteiger partial charge is 0.507 e. The molecular formula is C13H13NO3S. The molecule has 0 spiro atoms. The fourth-order valence-electron chi connectivity index (χ4n) is 1.98. The lowest BCUT2D eigenvalue weighted by Crippen LogP contribution is -2.01. The highest BCUT2D eigenvalue weighted by molar-refractivity contribution is 7.80. The number of aromatic nitrogens is 1. The second-order valence-corrected chi connectivity index (χ2v) is 4.58. The number of carbonyl (C=O) groups is 1. The van der Waals surface area contributed by atoms with Crippen LogP contribution in [0.4, 0.5) is 0 Å². The summed E-state index contributed by atoms with van der Waals surface area (Å²) in [6.07, 6.45) is 0. The number of benzene rings is 1. The first-order chi connectivity index (χ1) is 8.41. The Kier molecular flexibility index (Phi) is 3.09. The van der Waals surface area contributed by atoms with Crippen LogP contribution in [0.2, 0.25) is 0 Å². The first kappa shape index (κ1) is 12.6. The lowest BCUT2D eigenvalue weighted by atomic mass is 10.2. The Balaban J connectivity index is 2.59. The van der Waals surface area contributed by atoms with Crippen LogP contribution < -0.4 is 0 Å². The van der Waals surface area contributed by atoms with Crippen LogP contribution in [0.3, 0.4) is 0 Å². The monoisotopic (exact) mass is 263 g/mol. The first-order valence-corrected chi connectivity index (χ1v) is 5.81. The molecule has 0 saturated carbocycles. The number of hydrogen-bond acceptors (Lipinski definition) is 3. The van der Waals surface area contributed by atoms with E-state index in [9.17, 15) is 9.90 Å². The van der Waals surface area contributed by atoms with Crippen LogP contribution in [0.5, 0.6) is 5.75 Å². The molecule has 1 heterocycles. The lowest BCUT2D eigenvalue weighted by Gasteiger charge is -2.10. The van der Waals surface area contributed by atoms with Crippen molar-refractivity contribution in [1.29, 1.82) is 0 Å². The normalized spacial score (nSPS) is 10.6. The fraction of sp³-hybridized carbons (Fsp3) is 0.154. The van der Waals surface area contributed by atoms with Gasteiger partial charge in [0.2, 0.25) is 0 Å². The minimum Gasteiger partial charge on any atom is -0.507 e. The number of carboxylic acids is 1. The third-order valence-electron chi connectivity index (χ3n) is 2.87. The Morgan fingerprint density at radius 1 is 1.28 bits per heavy atom. The standard InChI is InChI=1S/C13H13NO3S/c1-7-5-12(18)8(2)14(7)9-3-4-10(13(16)17)11(15)6-9/h3-6,15,18H,1-2H3,(H,16,17). The van der Waals surface area contributed by atoms with E-state index in [0.717, 1.165) is 16.3 Å². The molecule has 0 bridgehead atoms. The lowest BCUT2D eigenvalue weighted by molar-refractivity contribution is 0.0694. The minimum absolute atomic E-state index is 0.104. The van der Waals surface area contributed by atoms with Crippen molar-refractivity contribution in [2.24, 2.45) is 0 Å². The first-order valence-electron chi connectivity index (χ1n) is 5.36. The highest BCUT2D eigenvalue weighted by Gasteiger charge is 2.13. The van der Waals surface area contributed by atoms with Crippen LogP contribution in [0.25, 0.3) is 5.69 Å². The van der Waals surface area contributed by atoms with Gasteiger partial charge in [-0.05, 0) is 32.0 Å². The molecule has 0 atom stereocenters. The molecule has 0 aliphatic heterocycles. The summed E-state index contributed by atoms with van der Waals surface area (Å²) >= 11 is 4.34. The molecule has 0 aliphatic rings. The van der Waals surface area contributed by atoms with Gasteiger partial charge in [-0.2, -0.15) is 0 Å². The van der Waals surface area contributed by atoms with Crippen LogP contribution in [-0.2, 0) is 0 Å². The molecule has 18 heavy (non-hydrogen) atoms. The summed E-state index contributed by atoms with van der Waals surface area (Å²) in [5.41, 5.74) is 2.53. The number of thiol groups is 1. The maximum absolute atomic E-state index is 10.8. The zero-order valence-electron chi connectivity index (χ0n) is 10.0. The van der Waals surface area contributed by atoms with Gasteiger partial charge in [0, 0.05) is 28.0 Å². The van der Waals surface area contributed by atoms with Crippen molar-refractivity contribution in [3.63, 3.8) is 0 Å². The summed E-state index contributed by atoms with van der Waals surface area (Å²) in [7, 11) is 0. The molecule has 94 valence electrons. The predicted octanol–water partition coefficient (Wildman–Crippen LogP) is 2.79. The van der Waals surface area contributed by atoms with E-state index in [4.69, 9.17) is 5.11 Å². The van der Waals surface area contributed by atoms with Gasteiger partial charge in [0.05, 0.1) is 0 Å². The number of rotatable bonds is 2. The molecule has 5 heteroatoms. The quantitative estimate of drug-likeness (QED) is 0.730. The Morgan fingerprint density at radius 3 is 2.39 bits per heavy atom. The summed E-state index contributed by atoms with van der Waals surface area (Å²) in [5.74, 6) is -1.39. The number of aromatic carboxylic acids is 1. The number of hydrogen-bond donors (Lipinski definition) is 3. The third kappa shape index (κ3) is 1.97. The highest BCUT2D eigenvalue weighted by atomic mass is 32.1. The number of aromatic hydroxyl groups is 1. The molecule has 2 aromatic rings. The highest BCUT2D eigenvalue weighted by Crippen LogP contribution is 2.27. The molecule has 0 amide bonds. The van der Waals surface area contributed by atoms with Crippen molar-refractivity contribution in [2.75, 3.05) is 0 Å². The van der Waals surface area contributed by atoms with Crippen molar-refractivity contribution in [3.8, 4) is 11.4 Å². The topological polar surface area (TPSA) is 62.5 Å². The summed E-state index contributed by atoms with van der Waals surface area (Å²) in [6.45, 7) is 3.84. The molecule has 2 rings (SSSR count). The molecule has 0 fully saturated rings. The van der Waals surface area contributed by atoms with E-state index in [0.29, 0.717) is 5.69 Å². The van der Waals surface area contributed by atoms with Crippen LogP contribution in [-0.4, -0.2) is 20.7 Å². The number of nitrogens with zero attached hydrogens (tertiary/aromatic N) is 1. The number of aryl methyl sites for hydroxylation is 1. The van der Waals surface area contributed by atoms with Gasteiger partial charge in [-0.1, -0.05) is 0 Å².